The number of sulfonamides is 1. The number of hydrazine groups is 1. The molecule has 0 aliphatic carbocycles. The van der Waals surface area contributed by atoms with Gasteiger partial charge in [0.1, 0.15) is 4.90 Å². The lowest BCUT2D eigenvalue weighted by Crippen LogP contribution is -2.41. The zero-order chi connectivity index (χ0) is 17.5. The van der Waals surface area contributed by atoms with Crippen LogP contribution in [0, 0.1) is 13.8 Å². The van der Waals surface area contributed by atoms with Crippen molar-refractivity contribution in [3.05, 3.63) is 35.2 Å². The summed E-state index contributed by atoms with van der Waals surface area (Å²) in [6, 6.07) is 4.57. The van der Waals surface area contributed by atoms with E-state index in [4.69, 9.17) is 9.47 Å². The number of benzene rings is 1. The Balaban J connectivity index is 1.76. The van der Waals surface area contributed by atoms with E-state index in [-0.39, 0.29) is 17.3 Å². The summed E-state index contributed by atoms with van der Waals surface area (Å²) in [5.41, 5.74) is 3.24. The zero-order valence-electron chi connectivity index (χ0n) is 13.3. The van der Waals surface area contributed by atoms with Gasteiger partial charge in [-0.2, -0.15) is 5.10 Å². The number of nitrogens with zero attached hydrogens (tertiary/aromatic N) is 2. The predicted octanol–water partition coefficient (Wildman–Crippen LogP) is 0.389. The highest BCUT2D eigenvalue weighted by atomic mass is 32.2. The minimum absolute atomic E-state index is 0.0380. The van der Waals surface area contributed by atoms with E-state index >= 15 is 0 Å². The fraction of sp³-hybridized carbons (Fsp3) is 0.286. The summed E-state index contributed by atoms with van der Waals surface area (Å²) >= 11 is 0. The molecular weight excluding hydrogens is 336 g/mol. The molecule has 0 spiro atoms. The number of aromatic nitrogens is 2. The van der Waals surface area contributed by atoms with Gasteiger partial charge in [0.2, 0.25) is 6.79 Å². The Morgan fingerprint density at radius 2 is 1.96 bits per heavy atom. The molecule has 0 radical (unpaired) electrons. The van der Waals surface area contributed by atoms with Crippen LogP contribution in [-0.4, -0.2) is 30.9 Å². The molecule has 1 aliphatic rings. The van der Waals surface area contributed by atoms with E-state index in [0.717, 1.165) is 0 Å². The number of rotatable bonds is 4. The maximum absolute atomic E-state index is 12.4. The van der Waals surface area contributed by atoms with Crippen LogP contribution in [-0.2, 0) is 17.1 Å². The van der Waals surface area contributed by atoms with Crippen LogP contribution in [0.1, 0.15) is 21.7 Å². The second-order valence-corrected chi connectivity index (χ2v) is 6.87. The van der Waals surface area contributed by atoms with Crippen LogP contribution in [0.5, 0.6) is 11.5 Å². The number of carbonyl (C=O) groups excluding carboxylic acids is 1. The molecule has 0 fully saturated rings. The van der Waals surface area contributed by atoms with Crippen LogP contribution in [0.25, 0.3) is 0 Å². The normalized spacial score (nSPS) is 13.1. The molecule has 0 saturated carbocycles. The Morgan fingerprint density at radius 1 is 1.25 bits per heavy atom. The number of amides is 1. The van der Waals surface area contributed by atoms with E-state index in [1.165, 1.54) is 16.8 Å². The summed E-state index contributed by atoms with van der Waals surface area (Å²) in [7, 11) is -2.29. The molecule has 3 rings (SSSR count). The summed E-state index contributed by atoms with van der Waals surface area (Å²) in [4.78, 5) is 14.3. The van der Waals surface area contributed by atoms with Gasteiger partial charge in [0.15, 0.2) is 11.5 Å². The van der Waals surface area contributed by atoms with Crippen LogP contribution in [0.15, 0.2) is 23.1 Å². The molecule has 0 unspecified atom stereocenters. The van der Waals surface area contributed by atoms with Gasteiger partial charge >= 0.3 is 0 Å². The number of hydrogen-bond acceptors (Lipinski definition) is 6. The summed E-state index contributed by atoms with van der Waals surface area (Å²) < 4.78 is 36.6. The highest BCUT2D eigenvalue weighted by molar-refractivity contribution is 7.89. The second kappa shape index (κ2) is 5.80. The van der Waals surface area contributed by atoms with Gasteiger partial charge in [0.25, 0.3) is 15.9 Å². The van der Waals surface area contributed by atoms with Crippen molar-refractivity contribution >= 4 is 15.9 Å². The summed E-state index contributed by atoms with van der Waals surface area (Å²) in [5.74, 6) is 0.356. The molecule has 128 valence electrons. The lowest BCUT2D eigenvalue weighted by Gasteiger charge is -2.09. The quantitative estimate of drug-likeness (QED) is 0.770. The van der Waals surface area contributed by atoms with E-state index in [1.54, 1.807) is 27.0 Å². The monoisotopic (exact) mass is 352 g/mol. The van der Waals surface area contributed by atoms with Crippen molar-refractivity contribution in [1.29, 1.82) is 0 Å². The van der Waals surface area contributed by atoms with Gasteiger partial charge in [-0.1, -0.05) is 0 Å². The fourth-order valence-corrected chi connectivity index (χ4v) is 3.70. The largest absolute Gasteiger partial charge is 0.454 e. The summed E-state index contributed by atoms with van der Waals surface area (Å²) in [6.45, 7) is 3.31. The molecule has 1 aromatic carbocycles. The van der Waals surface area contributed by atoms with Gasteiger partial charge in [0, 0.05) is 12.6 Å². The third-order valence-electron chi connectivity index (χ3n) is 3.65. The van der Waals surface area contributed by atoms with Crippen LogP contribution in [0.2, 0.25) is 0 Å². The molecule has 0 bridgehead atoms. The standard InChI is InChI=1S/C14H16N4O5S/c1-8-13(9(2)18(3)16-8)24(20,21)17-15-14(19)10-4-5-11-12(6-10)23-7-22-11/h4-6,17H,7H2,1-3H3,(H,15,19). The molecule has 1 aromatic heterocycles. The Morgan fingerprint density at radius 3 is 2.62 bits per heavy atom. The smallest absolute Gasteiger partial charge is 0.266 e. The average Bonchev–Trinajstić information content (AvgIpc) is 3.09. The van der Waals surface area contributed by atoms with Crippen molar-refractivity contribution in [2.75, 3.05) is 6.79 Å². The molecule has 2 aromatic rings. The Hall–Kier alpha value is -2.59. The molecule has 1 amide bonds. The lowest BCUT2D eigenvalue weighted by molar-refractivity contribution is 0.0944. The van der Waals surface area contributed by atoms with Crippen molar-refractivity contribution in [3.63, 3.8) is 0 Å². The van der Waals surface area contributed by atoms with Crippen LogP contribution in [0.3, 0.4) is 0 Å². The van der Waals surface area contributed by atoms with Gasteiger partial charge < -0.3 is 9.47 Å². The Labute approximate surface area is 138 Å². The third kappa shape index (κ3) is 2.81. The maximum Gasteiger partial charge on any atom is 0.266 e. The molecule has 1 aliphatic heterocycles. The molecule has 2 heterocycles. The van der Waals surface area contributed by atoms with Crippen LogP contribution < -0.4 is 19.7 Å². The number of aryl methyl sites for hydroxylation is 2. The SMILES string of the molecule is Cc1nn(C)c(C)c1S(=O)(=O)NNC(=O)c1ccc2c(c1)OCO2. The lowest BCUT2D eigenvalue weighted by atomic mass is 10.2. The minimum Gasteiger partial charge on any atom is -0.454 e. The molecule has 10 heteroatoms. The molecule has 2 N–H and O–H groups in total. The third-order valence-corrected chi connectivity index (χ3v) is 5.14. The summed E-state index contributed by atoms with van der Waals surface area (Å²) in [5, 5.41) is 4.06. The van der Waals surface area contributed by atoms with E-state index in [0.29, 0.717) is 22.9 Å². The van der Waals surface area contributed by atoms with Gasteiger partial charge in [-0.15, -0.1) is 4.83 Å². The second-order valence-electron chi connectivity index (χ2n) is 5.25. The fourth-order valence-electron chi connectivity index (χ4n) is 2.42. The van der Waals surface area contributed by atoms with Gasteiger partial charge in [-0.25, -0.2) is 8.42 Å². The van der Waals surface area contributed by atoms with Crippen LogP contribution >= 0.6 is 0 Å². The van der Waals surface area contributed by atoms with E-state index in [1.807, 2.05) is 0 Å². The van der Waals surface area contributed by atoms with Gasteiger partial charge in [-0.05, 0) is 32.0 Å². The molecule has 24 heavy (non-hydrogen) atoms. The van der Waals surface area contributed by atoms with Crippen LogP contribution in [0.4, 0.5) is 0 Å². The highest BCUT2D eigenvalue weighted by Gasteiger charge is 2.25. The predicted molar refractivity (Wildman–Crippen MR) is 83.0 cm³/mol. The molecular formula is C14H16N4O5S. The van der Waals surface area contributed by atoms with Crippen molar-refractivity contribution < 1.29 is 22.7 Å². The zero-order valence-corrected chi connectivity index (χ0v) is 14.1. The van der Waals surface area contributed by atoms with Crippen molar-refractivity contribution in [2.24, 2.45) is 7.05 Å². The number of nitrogens with one attached hydrogen (secondary N) is 2. The molecule has 0 atom stereocenters. The van der Waals surface area contributed by atoms with E-state index < -0.39 is 15.9 Å². The van der Waals surface area contributed by atoms with Crippen molar-refractivity contribution in [3.8, 4) is 11.5 Å². The van der Waals surface area contributed by atoms with Gasteiger partial charge in [-0.3, -0.25) is 14.9 Å². The first-order chi connectivity index (χ1) is 11.3. The van der Waals surface area contributed by atoms with Gasteiger partial charge in [0.05, 0.1) is 11.4 Å². The Bertz CT molecular complexity index is 919. The number of ether oxygens (including phenoxy) is 2. The van der Waals surface area contributed by atoms with E-state index in [9.17, 15) is 13.2 Å². The van der Waals surface area contributed by atoms with E-state index in [2.05, 4.69) is 15.4 Å². The molecule has 9 nitrogen and oxygen atoms in total. The Kier molecular flexibility index (Phi) is 3.93. The topological polar surface area (TPSA) is 112 Å². The first-order valence-corrected chi connectivity index (χ1v) is 8.50. The van der Waals surface area contributed by atoms with Crippen molar-refractivity contribution in [2.45, 2.75) is 18.7 Å². The number of fused-ring (bicyclic) bond motifs is 1. The first-order valence-electron chi connectivity index (χ1n) is 7.01. The first kappa shape index (κ1) is 16.3. The number of hydrogen-bond donors (Lipinski definition) is 2. The minimum atomic E-state index is -3.94. The number of carbonyl (C=O) groups is 1. The molecule has 0 saturated heterocycles. The van der Waals surface area contributed by atoms with Crippen molar-refractivity contribution in [1.82, 2.24) is 20.0 Å². The maximum atomic E-state index is 12.4. The highest BCUT2D eigenvalue weighted by Crippen LogP contribution is 2.32. The summed E-state index contributed by atoms with van der Waals surface area (Å²) in [6.07, 6.45) is 0. The average molecular weight is 352 g/mol.